The quantitative estimate of drug-likeness (QED) is 0.778. The van der Waals surface area contributed by atoms with Crippen molar-refractivity contribution in [1.82, 2.24) is 9.55 Å². The summed E-state index contributed by atoms with van der Waals surface area (Å²) in [4.78, 5) is 24.9. The molecule has 5 nitrogen and oxygen atoms in total. The lowest BCUT2D eigenvalue weighted by Crippen LogP contribution is -2.32. The monoisotopic (exact) mass is 240 g/mol. The van der Waals surface area contributed by atoms with Crippen molar-refractivity contribution in [2.24, 2.45) is 5.92 Å². The van der Waals surface area contributed by atoms with E-state index in [9.17, 15) is 14.0 Å². The molecule has 0 aliphatic heterocycles. The Labute approximate surface area is 96.2 Å². The van der Waals surface area contributed by atoms with Crippen LogP contribution in [0.3, 0.4) is 0 Å². The van der Waals surface area contributed by atoms with Crippen molar-refractivity contribution >= 4 is 0 Å². The van der Waals surface area contributed by atoms with Crippen molar-refractivity contribution in [2.75, 3.05) is 6.61 Å². The predicted octanol–water partition coefficient (Wildman–Crippen LogP) is 0.252. The molecule has 92 valence electrons. The SMILES string of the molecule is Cc1cn([C@@H]2C=C(F)[C@H](CO)C2)c(=O)[nH]c1=O. The third kappa shape index (κ3) is 2.08. The summed E-state index contributed by atoms with van der Waals surface area (Å²) in [6.07, 6.45) is 3.04. The Kier molecular flexibility index (Phi) is 2.97. The number of nitrogens with one attached hydrogen (secondary N) is 1. The Morgan fingerprint density at radius 2 is 2.29 bits per heavy atom. The number of aromatic nitrogens is 2. The maximum atomic E-state index is 13.3. The van der Waals surface area contributed by atoms with Crippen LogP contribution in [-0.2, 0) is 0 Å². The second-order valence-electron chi connectivity index (χ2n) is 4.21. The number of nitrogens with zero attached hydrogens (tertiary/aromatic N) is 1. The van der Waals surface area contributed by atoms with Gasteiger partial charge < -0.3 is 5.11 Å². The van der Waals surface area contributed by atoms with Gasteiger partial charge in [-0.3, -0.25) is 14.3 Å². The van der Waals surface area contributed by atoms with E-state index in [-0.39, 0.29) is 6.61 Å². The summed E-state index contributed by atoms with van der Waals surface area (Å²) in [7, 11) is 0. The fourth-order valence-corrected chi connectivity index (χ4v) is 1.98. The van der Waals surface area contributed by atoms with Gasteiger partial charge in [0.05, 0.1) is 12.6 Å². The molecule has 0 fully saturated rings. The first-order chi connectivity index (χ1) is 8.02. The van der Waals surface area contributed by atoms with Crippen LogP contribution in [0.25, 0.3) is 0 Å². The first-order valence-electron chi connectivity index (χ1n) is 5.33. The first kappa shape index (κ1) is 11.8. The average Bonchev–Trinajstić information content (AvgIpc) is 2.65. The lowest BCUT2D eigenvalue weighted by Gasteiger charge is -2.13. The van der Waals surface area contributed by atoms with Crippen molar-refractivity contribution in [3.63, 3.8) is 0 Å². The highest BCUT2D eigenvalue weighted by atomic mass is 19.1. The average molecular weight is 240 g/mol. The van der Waals surface area contributed by atoms with E-state index in [0.29, 0.717) is 12.0 Å². The zero-order valence-corrected chi connectivity index (χ0v) is 9.31. The Bertz CT molecular complexity index is 573. The van der Waals surface area contributed by atoms with Crippen molar-refractivity contribution in [3.8, 4) is 0 Å². The van der Waals surface area contributed by atoms with Gasteiger partial charge >= 0.3 is 5.69 Å². The second-order valence-corrected chi connectivity index (χ2v) is 4.21. The number of aromatic amines is 1. The highest BCUT2D eigenvalue weighted by Crippen LogP contribution is 2.33. The van der Waals surface area contributed by atoms with E-state index in [4.69, 9.17) is 5.11 Å². The van der Waals surface area contributed by atoms with Crippen molar-refractivity contribution in [3.05, 3.63) is 44.5 Å². The van der Waals surface area contributed by atoms with E-state index >= 15 is 0 Å². The molecule has 0 saturated heterocycles. The molecular weight excluding hydrogens is 227 g/mol. The van der Waals surface area contributed by atoms with Crippen LogP contribution in [0.15, 0.2) is 27.7 Å². The largest absolute Gasteiger partial charge is 0.396 e. The van der Waals surface area contributed by atoms with Gasteiger partial charge in [0.25, 0.3) is 5.56 Å². The van der Waals surface area contributed by atoms with Gasteiger partial charge in [0.15, 0.2) is 0 Å². The third-order valence-corrected chi connectivity index (χ3v) is 2.99. The van der Waals surface area contributed by atoms with E-state index in [1.165, 1.54) is 16.8 Å². The molecule has 1 heterocycles. The maximum absolute atomic E-state index is 13.3. The van der Waals surface area contributed by atoms with Crippen LogP contribution < -0.4 is 11.2 Å². The van der Waals surface area contributed by atoms with Gasteiger partial charge in [-0.15, -0.1) is 0 Å². The summed E-state index contributed by atoms with van der Waals surface area (Å²) in [5.74, 6) is -0.965. The van der Waals surface area contributed by atoms with E-state index < -0.39 is 29.0 Å². The predicted molar refractivity (Wildman–Crippen MR) is 59.5 cm³/mol. The standard InChI is InChI=1S/C11H13FN2O3/c1-6-4-14(11(17)13-10(6)16)8-2-7(5-15)9(12)3-8/h3-4,7-8,15H,2,5H2,1H3,(H,13,16,17)/t7-,8-/m0/s1. The van der Waals surface area contributed by atoms with Gasteiger partial charge in [0, 0.05) is 17.7 Å². The number of rotatable bonds is 2. The van der Waals surface area contributed by atoms with Crippen molar-refractivity contribution in [1.29, 1.82) is 0 Å². The van der Waals surface area contributed by atoms with Crippen molar-refractivity contribution < 1.29 is 9.50 Å². The van der Waals surface area contributed by atoms with Crippen LogP contribution >= 0.6 is 0 Å². The van der Waals surface area contributed by atoms with Crippen LogP contribution in [0.4, 0.5) is 4.39 Å². The minimum absolute atomic E-state index is 0.282. The molecule has 1 aromatic rings. The Balaban J connectivity index is 2.41. The first-order valence-corrected chi connectivity index (χ1v) is 5.33. The molecule has 0 amide bonds. The zero-order chi connectivity index (χ0) is 12.6. The highest BCUT2D eigenvalue weighted by Gasteiger charge is 2.28. The molecule has 17 heavy (non-hydrogen) atoms. The minimum atomic E-state index is -0.562. The molecule has 2 atom stereocenters. The van der Waals surface area contributed by atoms with Gasteiger partial charge in [0.1, 0.15) is 5.83 Å². The van der Waals surface area contributed by atoms with E-state index in [0.717, 1.165) is 0 Å². The van der Waals surface area contributed by atoms with E-state index in [2.05, 4.69) is 4.98 Å². The van der Waals surface area contributed by atoms with Crippen molar-refractivity contribution in [2.45, 2.75) is 19.4 Å². The summed E-state index contributed by atoms with van der Waals surface area (Å²) in [5.41, 5.74) is -0.605. The van der Waals surface area contributed by atoms with E-state index in [1.54, 1.807) is 6.92 Å². The molecule has 0 bridgehead atoms. The number of allylic oxidation sites excluding steroid dienone is 1. The number of hydrogen-bond donors (Lipinski definition) is 2. The van der Waals surface area contributed by atoms with Gasteiger partial charge in [-0.25, -0.2) is 9.18 Å². The van der Waals surface area contributed by atoms with Gasteiger partial charge in [-0.1, -0.05) is 0 Å². The smallest absolute Gasteiger partial charge is 0.328 e. The summed E-state index contributed by atoms with van der Waals surface area (Å²) in [6, 6.07) is -0.449. The highest BCUT2D eigenvalue weighted by molar-refractivity contribution is 5.13. The number of aliphatic hydroxyl groups is 1. The summed E-state index contributed by atoms with van der Waals surface area (Å²) >= 11 is 0. The van der Waals surface area contributed by atoms with E-state index in [1.807, 2.05) is 0 Å². The summed E-state index contributed by atoms with van der Waals surface area (Å²) < 4.78 is 14.6. The lowest BCUT2D eigenvalue weighted by atomic mass is 10.1. The van der Waals surface area contributed by atoms with Crippen LogP contribution in [-0.4, -0.2) is 21.3 Å². The molecule has 0 radical (unpaired) electrons. The van der Waals surface area contributed by atoms with Gasteiger partial charge in [-0.05, 0) is 19.4 Å². The molecule has 0 aromatic carbocycles. The summed E-state index contributed by atoms with van der Waals surface area (Å²) in [6.45, 7) is 1.29. The topological polar surface area (TPSA) is 75.1 Å². The number of halogens is 1. The maximum Gasteiger partial charge on any atom is 0.328 e. The number of aryl methyl sites for hydroxylation is 1. The van der Waals surface area contributed by atoms with Crippen LogP contribution in [0.5, 0.6) is 0 Å². The summed E-state index contributed by atoms with van der Waals surface area (Å²) in [5, 5.41) is 8.94. The zero-order valence-electron chi connectivity index (χ0n) is 9.31. The molecule has 6 heteroatoms. The molecular formula is C11H13FN2O3. The Morgan fingerprint density at radius 3 is 2.88 bits per heavy atom. The molecule has 1 aliphatic carbocycles. The van der Waals surface area contributed by atoms with Gasteiger partial charge in [0.2, 0.25) is 0 Å². The number of H-pyrrole nitrogens is 1. The van der Waals surface area contributed by atoms with Crippen LogP contribution in [0.1, 0.15) is 18.0 Å². The molecule has 0 spiro atoms. The molecule has 0 saturated carbocycles. The fraction of sp³-hybridized carbons (Fsp3) is 0.455. The normalized spacial score (nSPS) is 23.8. The fourth-order valence-electron chi connectivity index (χ4n) is 1.98. The molecule has 1 aromatic heterocycles. The molecule has 2 N–H and O–H groups in total. The molecule has 0 unspecified atom stereocenters. The molecule has 1 aliphatic rings. The molecule has 2 rings (SSSR count). The Morgan fingerprint density at radius 1 is 1.59 bits per heavy atom. The lowest BCUT2D eigenvalue weighted by molar-refractivity contribution is 0.223. The van der Waals surface area contributed by atoms with Gasteiger partial charge in [-0.2, -0.15) is 0 Å². The number of aliphatic hydroxyl groups excluding tert-OH is 1. The Hall–Kier alpha value is -1.69. The van der Waals surface area contributed by atoms with Crippen LogP contribution in [0, 0.1) is 12.8 Å². The third-order valence-electron chi connectivity index (χ3n) is 2.99. The number of hydrogen-bond acceptors (Lipinski definition) is 3. The minimum Gasteiger partial charge on any atom is -0.396 e. The second kappa shape index (κ2) is 4.29. The van der Waals surface area contributed by atoms with Crippen LogP contribution in [0.2, 0.25) is 0 Å².